The highest BCUT2D eigenvalue weighted by Gasteiger charge is 2.10. The van der Waals surface area contributed by atoms with Crippen LogP contribution in [-0.4, -0.2) is 10.9 Å². The summed E-state index contributed by atoms with van der Waals surface area (Å²) in [4.78, 5) is 16.5. The van der Waals surface area contributed by atoms with Gasteiger partial charge in [0.2, 0.25) is 0 Å². The molecule has 2 aromatic rings. The number of nitrogens with zero attached hydrogens (tertiary/aromatic N) is 1. The van der Waals surface area contributed by atoms with E-state index in [2.05, 4.69) is 40.1 Å². The van der Waals surface area contributed by atoms with Crippen molar-refractivity contribution in [3.05, 3.63) is 46.5 Å². The molecule has 1 N–H and O–H groups in total. The standard InChI is InChI=1S/C14H15BrN2OS/c1-9(2)12-8-19-14(16-12)17-13(18)11-5-3-4-10(6-11)7-15/h3-6,8-9H,7H2,1-2H3,(H,16,17,18). The van der Waals surface area contributed by atoms with E-state index in [9.17, 15) is 4.79 Å². The van der Waals surface area contributed by atoms with Gasteiger partial charge < -0.3 is 0 Å². The van der Waals surface area contributed by atoms with Crippen molar-refractivity contribution in [1.29, 1.82) is 0 Å². The molecule has 0 aliphatic carbocycles. The first-order valence-electron chi connectivity index (χ1n) is 6.02. The number of hydrogen-bond acceptors (Lipinski definition) is 3. The fourth-order valence-corrected chi connectivity index (χ4v) is 2.79. The Morgan fingerprint density at radius 2 is 2.26 bits per heavy atom. The van der Waals surface area contributed by atoms with E-state index in [0.717, 1.165) is 16.6 Å². The van der Waals surface area contributed by atoms with Crippen LogP contribution in [0.5, 0.6) is 0 Å². The quantitative estimate of drug-likeness (QED) is 0.838. The lowest BCUT2D eigenvalue weighted by Crippen LogP contribution is -2.12. The van der Waals surface area contributed by atoms with Gasteiger partial charge in [-0.15, -0.1) is 11.3 Å². The maximum absolute atomic E-state index is 12.1. The van der Waals surface area contributed by atoms with Crippen LogP contribution in [0.25, 0.3) is 0 Å². The summed E-state index contributed by atoms with van der Waals surface area (Å²) in [5, 5.41) is 6.21. The van der Waals surface area contributed by atoms with Crippen LogP contribution in [0.15, 0.2) is 29.6 Å². The summed E-state index contributed by atoms with van der Waals surface area (Å²) in [7, 11) is 0. The fourth-order valence-electron chi connectivity index (χ4n) is 1.57. The molecular formula is C14H15BrN2OS. The summed E-state index contributed by atoms with van der Waals surface area (Å²) in [5.74, 6) is 0.256. The van der Waals surface area contributed by atoms with Crippen molar-refractivity contribution in [3.8, 4) is 0 Å². The van der Waals surface area contributed by atoms with Crippen LogP contribution in [0.3, 0.4) is 0 Å². The zero-order chi connectivity index (χ0) is 13.8. The molecule has 3 nitrogen and oxygen atoms in total. The zero-order valence-electron chi connectivity index (χ0n) is 10.8. The predicted octanol–water partition coefficient (Wildman–Crippen LogP) is 4.41. The van der Waals surface area contributed by atoms with Crippen LogP contribution in [0.2, 0.25) is 0 Å². The largest absolute Gasteiger partial charge is 0.298 e. The summed E-state index contributed by atoms with van der Waals surface area (Å²) in [6.07, 6.45) is 0. The van der Waals surface area contributed by atoms with Crippen molar-refractivity contribution in [2.24, 2.45) is 0 Å². The molecule has 0 saturated carbocycles. The van der Waals surface area contributed by atoms with Gasteiger partial charge in [0.15, 0.2) is 5.13 Å². The number of nitrogens with one attached hydrogen (secondary N) is 1. The average molecular weight is 339 g/mol. The summed E-state index contributed by atoms with van der Waals surface area (Å²) in [6.45, 7) is 4.17. The number of rotatable bonds is 4. The third-order valence-corrected chi connectivity index (χ3v) is 4.10. The number of alkyl halides is 1. The smallest absolute Gasteiger partial charge is 0.257 e. The first kappa shape index (κ1) is 14.2. The molecule has 0 aliphatic rings. The minimum Gasteiger partial charge on any atom is -0.298 e. The molecule has 0 atom stereocenters. The lowest BCUT2D eigenvalue weighted by Gasteiger charge is -2.03. The highest BCUT2D eigenvalue weighted by atomic mass is 79.9. The van der Waals surface area contributed by atoms with Gasteiger partial charge in [0.1, 0.15) is 0 Å². The number of benzene rings is 1. The van der Waals surface area contributed by atoms with Crippen molar-refractivity contribution in [2.75, 3.05) is 5.32 Å². The van der Waals surface area contributed by atoms with Crippen LogP contribution in [0.1, 0.15) is 41.4 Å². The molecule has 0 fully saturated rings. The fraction of sp³-hybridized carbons (Fsp3) is 0.286. The lowest BCUT2D eigenvalue weighted by molar-refractivity contribution is 0.102. The molecule has 0 radical (unpaired) electrons. The maximum atomic E-state index is 12.1. The molecule has 0 unspecified atom stereocenters. The molecule has 1 aromatic heterocycles. The predicted molar refractivity (Wildman–Crippen MR) is 83.2 cm³/mol. The van der Waals surface area contributed by atoms with E-state index in [-0.39, 0.29) is 5.91 Å². The van der Waals surface area contributed by atoms with Crippen LogP contribution in [0, 0.1) is 0 Å². The van der Waals surface area contributed by atoms with Gasteiger partial charge >= 0.3 is 0 Å². The zero-order valence-corrected chi connectivity index (χ0v) is 13.2. The number of carbonyl (C=O) groups is 1. The van der Waals surface area contributed by atoms with Crippen molar-refractivity contribution in [3.63, 3.8) is 0 Å². The minimum absolute atomic E-state index is 0.118. The number of halogens is 1. The Labute approximate surface area is 125 Å². The second-order valence-corrected chi connectivity index (χ2v) is 5.94. The molecule has 1 aromatic carbocycles. The van der Waals surface area contributed by atoms with Gasteiger partial charge in [0.25, 0.3) is 5.91 Å². The van der Waals surface area contributed by atoms with Gasteiger partial charge in [0, 0.05) is 16.3 Å². The first-order chi connectivity index (χ1) is 9.10. The normalized spacial score (nSPS) is 10.7. The Balaban J connectivity index is 2.11. The molecule has 0 bridgehead atoms. The van der Waals surface area contributed by atoms with Gasteiger partial charge in [-0.3, -0.25) is 10.1 Å². The summed E-state index contributed by atoms with van der Waals surface area (Å²) >= 11 is 4.84. The van der Waals surface area contributed by atoms with Crippen molar-refractivity contribution in [1.82, 2.24) is 4.98 Å². The van der Waals surface area contributed by atoms with Crippen LogP contribution in [-0.2, 0) is 5.33 Å². The molecule has 0 spiro atoms. The van der Waals surface area contributed by atoms with Crippen molar-refractivity contribution in [2.45, 2.75) is 25.1 Å². The number of thiazole rings is 1. The lowest BCUT2D eigenvalue weighted by atomic mass is 10.1. The van der Waals surface area contributed by atoms with E-state index in [1.165, 1.54) is 11.3 Å². The monoisotopic (exact) mass is 338 g/mol. The summed E-state index contributed by atoms with van der Waals surface area (Å²) < 4.78 is 0. The number of carbonyl (C=O) groups excluding carboxylic acids is 1. The van der Waals surface area contributed by atoms with E-state index >= 15 is 0 Å². The molecule has 0 saturated heterocycles. The molecule has 5 heteroatoms. The van der Waals surface area contributed by atoms with Gasteiger partial charge in [-0.05, 0) is 23.6 Å². The van der Waals surface area contributed by atoms with E-state index < -0.39 is 0 Å². The maximum Gasteiger partial charge on any atom is 0.257 e. The van der Waals surface area contributed by atoms with Gasteiger partial charge in [-0.1, -0.05) is 41.9 Å². The highest BCUT2D eigenvalue weighted by molar-refractivity contribution is 9.08. The first-order valence-corrected chi connectivity index (χ1v) is 8.02. The Bertz CT molecular complexity index is 580. The Hall–Kier alpha value is -1.20. The molecule has 1 heterocycles. The molecule has 19 heavy (non-hydrogen) atoms. The third kappa shape index (κ3) is 3.64. The topological polar surface area (TPSA) is 42.0 Å². The van der Waals surface area contributed by atoms with E-state index in [0.29, 0.717) is 16.6 Å². The highest BCUT2D eigenvalue weighted by Crippen LogP contribution is 2.22. The van der Waals surface area contributed by atoms with Crippen molar-refractivity contribution >= 4 is 38.3 Å². The van der Waals surface area contributed by atoms with E-state index in [4.69, 9.17) is 0 Å². The number of hydrogen-bond donors (Lipinski definition) is 1. The average Bonchev–Trinajstić information content (AvgIpc) is 2.87. The Kier molecular flexibility index (Phi) is 4.71. The summed E-state index contributed by atoms with van der Waals surface area (Å²) in [6, 6.07) is 7.54. The number of aromatic nitrogens is 1. The van der Waals surface area contributed by atoms with Crippen molar-refractivity contribution < 1.29 is 4.79 Å². The minimum atomic E-state index is -0.118. The molecule has 0 aliphatic heterocycles. The SMILES string of the molecule is CC(C)c1csc(NC(=O)c2cccc(CBr)c2)n1. The molecular weight excluding hydrogens is 324 g/mol. The molecule has 100 valence electrons. The second-order valence-electron chi connectivity index (χ2n) is 4.52. The molecule has 2 rings (SSSR count). The van der Waals surface area contributed by atoms with Crippen LogP contribution in [0.4, 0.5) is 5.13 Å². The van der Waals surface area contributed by atoms with Gasteiger partial charge in [-0.25, -0.2) is 4.98 Å². The van der Waals surface area contributed by atoms with Gasteiger partial charge in [-0.2, -0.15) is 0 Å². The van der Waals surface area contributed by atoms with Crippen LogP contribution >= 0.6 is 27.3 Å². The number of anilines is 1. The van der Waals surface area contributed by atoms with E-state index in [1.54, 1.807) is 6.07 Å². The van der Waals surface area contributed by atoms with E-state index in [1.807, 2.05) is 23.6 Å². The van der Waals surface area contributed by atoms with Crippen LogP contribution < -0.4 is 5.32 Å². The third-order valence-electron chi connectivity index (χ3n) is 2.68. The Morgan fingerprint density at radius 1 is 1.47 bits per heavy atom. The van der Waals surface area contributed by atoms with Gasteiger partial charge in [0.05, 0.1) is 5.69 Å². The molecule has 1 amide bonds. The number of amides is 1. The Morgan fingerprint density at radius 3 is 2.89 bits per heavy atom. The summed E-state index contributed by atoms with van der Waals surface area (Å²) in [5.41, 5.74) is 2.74. The second kappa shape index (κ2) is 6.30.